The molecule has 0 fully saturated rings. The van der Waals surface area contributed by atoms with E-state index in [-0.39, 0.29) is 112 Å². The summed E-state index contributed by atoms with van der Waals surface area (Å²) in [6.45, 7) is 0. The molecule has 0 aliphatic rings. The van der Waals surface area contributed by atoms with Crippen LogP contribution in [0.1, 0.15) is 0 Å². The van der Waals surface area contributed by atoms with Gasteiger partial charge in [-0.15, -0.1) is 0 Å². The van der Waals surface area contributed by atoms with Gasteiger partial charge < -0.3 is 43.8 Å². The monoisotopic (exact) mass is 602 g/mol. The van der Waals surface area contributed by atoms with Crippen LogP contribution in [0.5, 0.6) is 0 Å². The van der Waals surface area contributed by atoms with Crippen LogP contribution < -0.4 is 0 Å². The zero-order chi connectivity index (χ0) is 0. The molecular weight excluding hydrogens is 587 g/mol. The van der Waals surface area contributed by atoms with Crippen LogP contribution >= 0.6 is 0 Å². The van der Waals surface area contributed by atoms with Crippen molar-refractivity contribution in [3.63, 3.8) is 0 Å². The molecule has 11 heavy (non-hydrogen) atoms. The van der Waals surface area contributed by atoms with Crippen molar-refractivity contribution in [2.75, 3.05) is 0 Å². The van der Waals surface area contributed by atoms with Crippen molar-refractivity contribution in [1.29, 1.82) is 0 Å². The van der Waals surface area contributed by atoms with Gasteiger partial charge in [0.1, 0.15) is 0 Å². The van der Waals surface area contributed by atoms with E-state index >= 15 is 0 Å². The van der Waals surface area contributed by atoms with Crippen LogP contribution in [0.3, 0.4) is 0 Å². The van der Waals surface area contributed by atoms with Crippen molar-refractivity contribution in [3.05, 3.63) is 0 Å². The van der Waals surface area contributed by atoms with E-state index in [0.29, 0.717) is 0 Å². The summed E-state index contributed by atoms with van der Waals surface area (Å²) in [6.07, 6.45) is 0. The van der Waals surface area contributed by atoms with Crippen LogP contribution in [-0.4, -0.2) is 43.8 Å². The Labute approximate surface area is 111 Å². The Morgan fingerprint density at radius 1 is 0.273 bits per heavy atom. The van der Waals surface area contributed by atoms with E-state index in [1.54, 1.807) is 0 Å². The third-order valence-corrected chi connectivity index (χ3v) is 0. The second kappa shape index (κ2) is 380. The number of rotatable bonds is 0. The first-order chi connectivity index (χ1) is 0. The largest absolute Gasteiger partial charge is 0.412 e. The van der Waals surface area contributed by atoms with Crippen molar-refractivity contribution in [1.82, 2.24) is 0 Å². The maximum Gasteiger partial charge on any atom is 0 e. The molecule has 0 amide bonds. The Morgan fingerprint density at radius 3 is 0.273 bits per heavy atom. The van der Waals surface area contributed by atoms with E-state index in [1.807, 2.05) is 0 Å². The zero-order valence-electron chi connectivity index (χ0n) is 5.32. The molecule has 0 saturated carbocycles. The van der Waals surface area contributed by atoms with Crippen molar-refractivity contribution in [2.24, 2.45) is 0 Å². The molecule has 0 rings (SSSR count). The number of hydrogen-bond acceptors (Lipinski definition) is 0. The average molecular weight is 603 g/mol. The maximum absolute atomic E-state index is 0. The molecule has 0 aliphatic heterocycles. The molecule has 0 aliphatic carbocycles. The van der Waals surface area contributed by atoms with Gasteiger partial charge in [0.25, 0.3) is 0 Å². The van der Waals surface area contributed by atoms with Gasteiger partial charge in [-0.2, -0.15) is 0 Å². The Balaban J connectivity index is 0. The SMILES string of the molecule is O.O.O.O.O.O.O.O.[W].[W].[Zr]. The summed E-state index contributed by atoms with van der Waals surface area (Å²) < 4.78 is 0. The molecule has 80 valence electrons. The predicted molar refractivity (Wildman–Crippen MR) is 28.9 cm³/mol. The van der Waals surface area contributed by atoms with E-state index in [9.17, 15) is 0 Å². The van der Waals surface area contributed by atoms with Crippen LogP contribution in [0.15, 0.2) is 0 Å². The van der Waals surface area contributed by atoms with E-state index in [4.69, 9.17) is 0 Å². The van der Waals surface area contributed by atoms with Gasteiger partial charge in [-0.3, -0.25) is 0 Å². The van der Waals surface area contributed by atoms with Crippen molar-refractivity contribution in [3.8, 4) is 0 Å². The summed E-state index contributed by atoms with van der Waals surface area (Å²) >= 11 is 0. The number of hydrogen-bond donors (Lipinski definition) is 0. The molecule has 0 spiro atoms. The molecule has 0 heterocycles. The molecule has 0 bridgehead atoms. The molecule has 0 aromatic rings. The fourth-order valence-corrected chi connectivity index (χ4v) is 0. The molecular formula is H16O8W2Zr. The summed E-state index contributed by atoms with van der Waals surface area (Å²) in [5.41, 5.74) is 0. The Morgan fingerprint density at radius 2 is 0.273 bits per heavy atom. The molecule has 0 saturated heterocycles. The van der Waals surface area contributed by atoms with Gasteiger partial charge in [0, 0.05) is 68.3 Å². The standard InChI is InChI=1S/8H2O.2W.Zr/h8*1H2;;;. The summed E-state index contributed by atoms with van der Waals surface area (Å²) in [6, 6.07) is 0. The molecule has 0 atom stereocenters. The van der Waals surface area contributed by atoms with Gasteiger partial charge in [0.05, 0.1) is 0 Å². The topological polar surface area (TPSA) is 252 Å². The van der Waals surface area contributed by atoms with Gasteiger partial charge >= 0.3 is 0 Å². The van der Waals surface area contributed by atoms with E-state index in [1.165, 1.54) is 0 Å². The fourth-order valence-electron chi connectivity index (χ4n) is 0. The summed E-state index contributed by atoms with van der Waals surface area (Å²) in [7, 11) is 0. The summed E-state index contributed by atoms with van der Waals surface area (Å²) in [4.78, 5) is 0. The molecule has 0 aromatic heterocycles. The minimum Gasteiger partial charge on any atom is -0.412 e. The minimum absolute atomic E-state index is 0. The Hall–Kier alpha value is 1.94. The van der Waals surface area contributed by atoms with Crippen LogP contribution in [-0.2, 0) is 68.3 Å². The third-order valence-electron chi connectivity index (χ3n) is 0. The average Bonchev–Trinajstić information content (AvgIpc) is 0. The zero-order valence-corrected chi connectivity index (χ0v) is 13.6. The Kier molecular flexibility index (Phi) is 16900. The fraction of sp³-hybridized carbons (Fsp3) is 0. The molecule has 0 unspecified atom stereocenters. The molecule has 16 N–H and O–H groups in total. The van der Waals surface area contributed by atoms with Gasteiger partial charge in [0.15, 0.2) is 0 Å². The van der Waals surface area contributed by atoms with Crippen LogP contribution in [0.25, 0.3) is 0 Å². The van der Waals surface area contributed by atoms with E-state index in [0.717, 1.165) is 0 Å². The molecule has 0 aromatic carbocycles. The summed E-state index contributed by atoms with van der Waals surface area (Å²) in [5.74, 6) is 0. The smallest absolute Gasteiger partial charge is 0 e. The van der Waals surface area contributed by atoms with E-state index < -0.39 is 0 Å². The van der Waals surface area contributed by atoms with Gasteiger partial charge in [-0.1, -0.05) is 0 Å². The van der Waals surface area contributed by atoms with Gasteiger partial charge in [0.2, 0.25) is 0 Å². The quantitative estimate of drug-likeness (QED) is 0.251. The van der Waals surface area contributed by atoms with E-state index in [2.05, 4.69) is 0 Å². The normalized spacial score (nSPS) is 0. The molecule has 8 nitrogen and oxygen atoms in total. The molecule has 0 radical (unpaired) electrons. The van der Waals surface area contributed by atoms with Crippen molar-refractivity contribution < 1.29 is 112 Å². The minimum atomic E-state index is 0. The van der Waals surface area contributed by atoms with Crippen molar-refractivity contribution >= 4 is 0 Å². The second-order valence-electron chi connectivity index (χ2n) is 0. The second-order valence-corrected chi connectivity index (χ2v) is 0. The van der Waals surface area contributed by atoms with Crippen LogP contribution in [0.4, 0.5) is 0 Å². The predicted octanol–water partition coefficient (Wildman–Crippen LogP) is -6.61. The third kappa shape index (κ3) is 314. The van der Waals surface area contributed by atoms with Crippen molar-refractivity contribution in [2.45, 2.75) is 0 Å². The van der Waals surface area contributed by atoms with Gasteiger partial charge in [-0.05, 0) is 0 Å². The first kappa shape index (κ1) is 490. The first-order valence-electron chi connectivity index (χ1n) is 0. The Bertz CT molecular complexity index is 12.1. The van der Waals surface area contributed by atoms with Crippen LogP contribution in [0, 0.1) is 0 Å². The van der Waals surface area contributed by atoms with Gasteiger partial charge in [-0.25, -0.2) is 0 Å². The maximum atomic E-state index is 0. The van der Waals surface area contributed by atoms with Crippen LogP contribution in [0.2, 0.25) is 0 Å². The first-order valence-corrected chi connectivity index (χ1v) is 0. The summed E-state index contributed by atoms with van der Waals surface area (Å²) in [5, 5.41) is 0. The molecule has 11 heteroatoms.